The molecule has 1 unspecified atom stereocenters. The lowest BCUT2D eigenvalue weighted by Crippen LogP contribution is -2.57. The monoisotopic (exact) mass is 635 g/mol. The topological polar surface area (TPSA) is 116 Å². The van der Waals surface area contributed by atoms with Crippen LogP contribution in [-0.4, -0.2) is 67.7 Å². The number of hydrogen-bond acceptors (Lipinski definition) is 8. The molecule has 1 saturated heterocycles. The first-order chi connectivity index (χ1) is 21.5. The summed E-state index contributed by atoms with van der Waals surface area (Å²) in [6, 6.07) is 3.22. The van der Waals surface area contributed by atoms with Crippen LogP contribution < -0.4 is 15.9 Å². The van der Waals surface area contributed by atoms with Gasteiger partial charge in [0.1, 0.15) is 23.7 Å². The quantitative estimate of drug-likeness (QED) is 0.282. The van der Waals surface area contributed by atoms with Gasteiger partial charge in [-0.15, -0.1) is 0 Å². The van der Waals surface area contributed by atoms with Gasteiger partial charge in [-0.25, -0.2) is 23.5 Å². The number of carbonyl (C=O) groups is 1. The van der Waals surface area contributed by atoms with Gasteiger partial charge >= 0.3 is 5.69 Å². The van der Waals surface area contributed by atoms with E-state index in [4.69, 9.17) is 11.6 Å². The van der Waals surface area contributed by atoms with E-state index in [0.29, 0.717) is 30.2 Å². The van der Waals surface area contributed by atoms with Crippen molar-refractivity contribution in [3.63, 3.8) is 0 Å². The van der Waals surface area contributed by atoms with Gasteiger partial charge < -0.3 is 20.2 Å². The van der Waals surface area contributed by atoms with Crippen LogP contribution in [0, 0.1) is 11.6 Å². The van der Waals surface area contributed by atoms with E-state index < -0.39 is 40.2 Å². The molecule has 4 heterocycles. The fourth-order valence-corrected chi connectivity index (χ4v) is 6.65. The molecule has 1 fully saturated rings. The van der Waals surface area contributed by atoms with Crippen LogP contribution in [0.2, 0.25) is 5.02 Å². The summed E-state index contributed by atoms with van der Waals surface area (Å²) in [7, 11) is 0. The van der Waals surface area contributed by atoms with E-state index in [1.807, 2.05) is 32.6 Å². The summed E-state index contributed by atoms with van der Waals surface area (Å²) in [6.45, 7) is 12.3. The lowest BCUT2D eigenvalue weighted by atomic mass is 9.98. The number of aromatic hydroxyl groups is 1. The number of amides is 1. The molecule has 0 bridgehead atoms. The molecule has 0 saturated carbocycles. The molecule has 2 aliphatic rings. The smallest absolute Gasteiger partial charge is 0.354 e. The molecule has 13 heteroatoms. The third kappa shape index (κ3) is 4.78. The van der Waals surface area contributed by atoms with Gasteiger partial charge in [0.05, 0.1) is 50.3 Å². The number of phenolic OH excluding ortho intramolecular Hbond substituents is 1. The van der Waals surface area contributed by atoms with Crippen LogP contribution in [0.15, 0.2) is 42.0 Å². The van der Waals surface area contributed by atoms with Crippen molar-refractivity contribution in [2.45, 2.75) is 45.6 Å². The Morgan fingerprint density at radius 2 is 1.82 bits per heavy atom. The first-order valence-corrected chi connectivity index (χ1v) is 15.1. The number of benzene rings is 2. The molecule has 45 heavy (non-hydrogen) atoms. The number of nitrogens with zero attached hydrogens (tertiary/aromatic N) is 6. The average molecular weight is 636 g/mol. The number of piperazine rings is 1. The molecule has 0 aliphatic carbocycles. The van der Waals surface area contributed by atoms with Gasteiger partial charge in [-0.05, 0) is 30.0 Å². The molecule has 6 rings (SSSR count). The number of fused-ring (bicyclic) bond motifs is 2. The summed E-state index contributed by atoms with van der Waals surface area (Å²) in [6.07, 6.45) is 2.67. The van der Waals surface area contributed by atoms with Crippen molar-refractivity contribution in [2.24, 2.45) is 0 Å². The van der Waals surface area contributed by atoms with Crippen molar-refractivity contribution in [3.8, 4) is 22.6 Å². The van der Waals surface area contributed by atoms with Gasteiger partial charge in [0.25, 0.3) is 0 Å². The number of halogens is 3. The molecule has 0 radical (unpaired) electrons. The molecule has 4 aromatic rings. The van der Waals surface area contributed by atoms with Gasteiger partial charge in [-0.3, -0.25) is 9.36 Å². The summed E-state index contributed by atoms with van der Waals surface area (Å²) in [4.78, 5) is 43.8. The second kappa shape index (κ2) is 11.4. The summed E-state index contributed by atoms with van der Waals surface area (Å²) >= 11 is 7.10. The minimum Gasteiger partial charge on any atom is -0.507 e. The van der Waals surface area contributed by atoms with Crippen LogP contribution >= 0.6 is 11.6 Å². The third-order valence-electron chi connectivity index (χ3n) is 8.39. The molecule has 2 N–H and O–H groups in total. The number of rotatable bonds is 5. The number of anilines is 2. The lowest BCUT2D eigenvalue weighted by Gasteiger charge is -2.41. The summed E-state index contributed by atoms with van der Waals surface area (Å²) < 4.78 is 33.5. The summed E-state index contributed by atoms with van der Waals surface area (Å²) in [5.41, 5.74) is -0.126. The van der Waals surface area contributed by atoms with Gasteiger partial charge in [-0.2, -0.15) is 4.98 Å². The van der Waals surface area contributed by atoms with Crippen LogP contribution in [-0.2, 0) is 4.79 Å². The van der Waals surface area contributed by atoms with E-state index in [-0.39, 0.29) is 58.3 Å². The van der Waals surface area contributed by atoms with Crippen molar-refractivity contribution in [3.05, 3.63) is 75.7 Å². The van der Waals surface area contributed by atoms with E-state index in [9.17, 15) is 14.7 Å². The third-order valence-corrected chi connectivity index (χ3v) is 8.75. The maximum Gasteiger partial charge on any atom is 0.354 e. The Morgan fingerprint density at radius 3 is 2.44 bits per heavy atom. The molecule has 1 atom stereocenters. The van der Waals surface area contributed by atoms with Crippen LogP contribution in [0.25, 0.3) is 27.7 Å². The van der Waals surface area contributed by atoms with Gasteiger partial charge in [0.15, 0.2) is 5.82 Å². The van der Waals surface area contributed by atoms with E-state index >= 15 is 8.78 Å². The molecule has 2 aliphatic heterocycles. The highest BCUT2D eigenvalue weighted by atomic mass is 35.5. The Kier molecular flexibility index (Phi) is 7.72. The Labute approximate surface area is 263 Å². The Morgan fingerprint density at radius 1 is 1.13 bits per heavy atom. The number of hydrogen-bond donors (Lipinski definition) is 2. The molecule has 0 spiro atoms. The highest BCUT2D eigenvalue weighted by Crippen LogP contribution is 2.49. The highest BCUT2D eigenvalue weighted by Gasteiger charge is 2.38. The van der Waals surface area contributed by atoms with E-state index in [1.54, 1.807) is 4.90 Å². The zero-order chi connectivity index (χ0) is 32.3. The largest absolute Gasteiger partial charge is 0.507 e. The van der Waals surface area contributed by atoms with Crippen molar-refractivity contribution in [1.82, 2.24) is 24.4 Å². The molecule has 2 aromatic carbocycles. The number of phenols is 1. The van der Waals surface area contributed by atoms with Crippen LogP contribution in [0.5, 0.6) is 5.75 Å². The highest BCUT2D eigenvalue weighted by molar-refractivity contribution is 6.39. The minimum absolute atomic E-state index is 0.0617. The fourth-order valence-electron chi connectivity index (χ4n) is 6.30. The standard InChI is InChI=1S/C32H32ClF2N7O3/c1-6-20(44)40-10-11-41-17(13-40)12-36-28-23-29(24(33)22(25(28)35)21-18(34)8-7-9-19(21)43)42(32(45)39-31(23)41)30-26(15(2)3)37-14-38-27(30)16(4)5/h6-9,14-17,36,43H,1,10-13H2,2-5H3. The predicted octanol–water partition coefficient (Wildman–Crippen LogP) is 5.36. The van der Waals surface area contributed by atoms with Crippen LogP contribution in [0.3, 0.4) is 0 Å². The molecule has 2 aromatic heterocycles. The van der Waals surface area contributed by atoms with Crippen molar-refractivity contribution in [1.29, 1.82) is 0 Å². The van der Waals surface area contributed by atoms with Gasteiger partial charge in [0, 0.05) is 31.7 Å². The zero-order valence-corrected chi connectivity index (χ0v) is 26.0. The van der Waals surface area contributed by atoms with Gasteiger partial charge in [-0.1, -0.05) is 51.9 Å². The van der Waals surface area contributed by atoms with Crippen LogP contribution in [0.4, 0.5) is 20.3 Å². The Hall–Kier alpha value is -4.58. The predicted molar refractivity (Wildman–Crippen MR) is 170 cm³/mol. The minimum atomic E-state index is -0.919. The maximum absolute atomic E-state index is 16.8. The number of carbonyl (C=O) groups excluding carboxylic acids is 1. The average Bonchev–Trinajstić information content (AvgIpc) is 3.16. The molecule has 1 amide bonds. The summed E-state index contributed by atoms with van der Waals surface area (Å²) in [5, 5.41) is 13.8. The zero-order valence-electron chi connectivity index (χ0n) is 25.2. The maximum atomic E-state index is 16.8. The lowest BCUT2D eigenvalue weighted by molar-refractivity contribution is -0.126. The second-order valence-corrected chi connectivity index (χ2v) is 12.2. The van der Waals surface area contributed by atoms with Crippen LogP contribution in [0.1, 0.15) is 50.9 Å². The van der Waals surface area contributed by atoms with Gasteiger partial charge in [0.2, 0.25) is 5.91 Å². The van der Waals surface area contributed by atoms with E-state index in [0.717, 1.165) is 6.07 Å². The SMILES string of the molecule is C=CC(=O)N1CCN2c3nc(=O)n(-c4c(C(C)C)ncnc4C(C)C)c4c(Cl)c(-c5c(O)cccc5F)c(F)c(c34)NCC2C1. The van der Waals surface area contributed by atoms with E-state index in [2.05, 4.69) is 26.8 Å². The molecule has 234 valence electrons. The van der Waals surface area contributed by atoms with Crippen molar-refractivity contribution >= 4 is 39.9 Å². The van der Waals surface area contributed by atoms with E-state index in [1.165, 1.54) is 29.1 Å². The first kappa shape index (κ1) is 30.4. The number of aromatic nitrogens is 4. The Bertz CT molecular complexity index is 1900. The van der Waals surface area contributed by atoms with Crippen molar-refractivity contribution in [2.75, 3.05) is 36.4 Å². The Balaban J connectivity index is 1.78. The molecule has 10 nitrogen and oxygen atoms in total. The first-order valence-electron chi connectivity index (χ1n) is 14.7. The second-order valence-electron chi connectivity index (χ2n) is 11.8. The molecular weight excluding hydrogens is 604 g/mol. The number of nitrogens with one attached hydrogen (secondary N) is 1. The van der Waals surface area contributed by atoms with Crippen molar-refractivity contribution < 1.29 is 18.7 Å². The molecular formula is C32H32ClF2N7O3. The fraction of sp³-hybridized carbons (Fsp3) is 0.344. The summed E-state index contributed by atoms with van der Waals surface area (Å²) in [5.74, 6) is -2.73. The normalized spacial score (nSPS) is 16.2.